The monoisotopic (exact) mass is 773 g/mol. The molecular formula is C21H23N7O15S5. The molecule has 48 heavy (non-hydrogen) atoms. The average molecular weight is 774 g/mol. The second-order valence-corrected chi connectivity index (χ2v) is 16.7. The number of hydrogen-bond donors (Lipinski definition) is 5. The van der Waals surface area contributed by atoms with Crippen LogP contribution in [0.2, 0.25) is 0 Å². The number of aromatic nitrogens is 1. The minimum atomic E-state index is -5.12. The van der Waals surface area contributed by atoms with Gasteiger partial charge in [0.15, 0.2) is 31.3 Å². The third-order valence-corrected chi connectivity index (χ3v) is 10.7. The maximum absolute atomic E-state index is 12.5. The molecule has 22 nitrogen and oxygen atoms in total. The Labute approximate surface area is 273 Å². The minimum Gasteiger partial charge on any atom is -0.382 e. The van der Waals surface area contributed by atoms with E-state index in [1.54, 1.807) is 0 Å². The summed E-state index contributed by atoms with van der Waals surface area (Å²) in [6, 6.07) is 8.14. The van der Waals surface area contributed by atoms with Crippen molar-refractivity contribution in [1.29, 1.82) is 0 Å². The molecule has 0 amide bonds. The highest BCUT2D eigenvalue weighted by Gasteiger charge is 2.23. The SMILES string of the molecule is Nc1nc(N)c(/N=N/c2ccc(S(=O)(=O)CCOS(=O)(=O)O)cc2S(=O)(=O)O)cc1/N=N/c1ccc(S(=O)(=O)CCOS(=O)(=O)O)cc1. The van der Waals surface area contributed by atoms with Gasteiger partial charge in [0.2, 0.25) is 0 Å². The molecule has 0 radical (unpaired) electrons. The van der Waals surface area contributed by atoms with E-state index in [2.05, 4.69) is 33.8 Å². The van der Waals surface area contributed by atoms with Crippen LogP contribution < -0.4 is 11.5 Å². The quantitative estimate of drug-likeness (QED) is 0.108. The molecule has 0 saturated carbocycles. The maximum atomic E-state index is 12.5. The molecule has 2 aromatic carbocycles. The number of anilines is 2. The lowest BCUT2D eigenvalue weighted by Crippen LogP contribution is -2.16. The number of nitrogen functional groups attached to an aromatic ring is 2. The number of hydrogen-bond acceptors (Lipinski definition) is 19. The number of nitrogens with zero attached hydrogens (tertiary/aromatic N) is 5. The van der Waals surface area contributed by atoms with Gasteiger partial charge in [0.1, 0.15) is 22.0 Å². The molecule has 0 atom stereocenters. The Morgan fingerprint density at radius 2 is 1.02 bits per heavy atom. The topological polar surface area (TPSA) is 364 Å². The molecule has 0 unspecified atom stereocenters. The molecule has 7 N–H and O–H groups in total. The van der Waals surface area contributed by atoms with Crippen LogP contribution in [-0.4, -0.2) is 85.5 Å². The largest absolute Gasteiger partial charge is 0.397 e. The molecule has 0 fully saturated rings. The van der Waals surface area contributed by atoms with E-state index in [1.807, 2.05) is 0 Å². The van der Waals surface area contributed by atoms with E-state index in [1.165, 1.54) is 12.1 Å². The Hall–Kier alpha value is -4.06. The fourth-order valence-electron chi connectivity index (χ4n) is 3.33. The van der Waals surface area contributed by atoms with Gasteiger partial charge in [-0.15, -0.1) is 15.3 Å². The number of sulfone groups is 2. The van der Waals surface area contributed by atoms with Gasteiger partial charge >= 0.3 is 20.8 Å². The van der Waals surface area contributed by atoms with E-state index >= 15 is 0 Å². The molecule has 0 spiro atoms. The molecule has 0 bridgehead atoms. The Kier molecular flexibility index (Phi) is 11.7. The third-order valence-electron chi connectivity index (χ3n) is 5.51. The van der Waals surface area contributed by atoms with E-state index in [9.17, 15) is 46.6 Å². The lowest BCUT2D eigenvalue weighted by Gasteiger charge is -2.08. The molecule has 1 aromatic heterocycles. The second-order valence-electron chi connectivity index (χ2n) is 8.93. The van der Waals surface area contributed by atoms with Crippen LogP contribution in [0.15, 0.2) is 83.7 Å². The number of pyridine rings is 1. The van der Waals surface area contributed by atoms with Crippen LogP contribution in [0.4, 0.5) is 34.4 Å². The molecule has 27 heteroatoms. The lowest BCUT2D eigenvalue weighted by molar-refractivity contribution is 0.282. The summed E-state index contributed by atoms with van der Waals surface area (Å²) in [5, 5.41) is 15.2. The standard InChI is InChI=1S/C21H23N7O15S5/c22-20-17(27-25-13-1-3-14(4-2-13)44(29,30)9-7-42-47(36,37)38)12-18(21(23)24-20)28-26-16-6-5-15(11-19(16)46(33,34)35)45(31,32)10-8-43-48(39,40)41/h1-6,11-12H,7-10H2,(H4,22,23,24)(H,33,34,35)(H,36,37,38)(H,39,40,41)/b27-25+,28-26+. The van der Waals surface area contributed by atoms with E-state index in [-0.39, 0.29) is 33.6 Å². The summed E-state index contributed by atoms with van der Waals surface area (Å²) in [4.78, 5) is 1.91. The molecule has 3 aromatic rings. The van der Waals surface area contributed by atoms with Crippen molar-refractivity contribution in [2.24, 2.45) is 20.5 Å². The predicted molar refractivity (Wildman–Crippen MR) is 163 cm³/mol. The first-order chi connectivity index (χ1) is 22.0. The molecule has 0 aliphatic carbocycles. The summed E-state index contributed by atoms with van der Waals surface area (Å²) in [6.07, 6.45) is 0. The summed E-state index contributed by atoms with van der Waals surface area (Å²) in [7, 11) is -23.3. The van der Waals surface area contributed by atoms with Crippen LogP contribution in [0.25, 0.3) is 0 Å². The summed E-state index contributed by atoms with van der Waals surface area (Å²) >= 11 is 0. The van der Waals surface area contributed by atoms with Crippen LogP contribution in [0.3, 0.4) is 0 Å². The smallest absolute Gasteiger partial charge is 0.382 e. The number of rotatable bonds is 15. The zero-order valence-electron chi connectivity index (χ0n) is 23.6. The van der Waals surface area contributed by atoms with Gasteiger partial charge in [-0.25, -0.2) is 30.2 Å². The van der Waals surface area contributed by atoms with Gasteiger partial charge in [-0.2, -0.15) is 30.4 Å². The third kappa shape index (κ3) is 11.3. The van der Waals surface area contributed by atoms with Crippen molar-refractivity contribution < 1.29 is 64.1 Å². The van der Waals surface area contributed by atoms with Crippen molar-refractivity contribution in [2.75, 3.05) is 36.2 Å². The van der Waals surface area contributed by atoms with Gasteiger partial charge in [-0.1, -0.05) is 0 Å². The van der Waals surface area contributed by atoms with Crippen molar-refractivity contribution in [3.8, 4) is 0 Å². The molecule has 0 aliphatic heterocycles. The first-order valence-electron chi connectivity index (χ1n) is 12.3. The summed E-state index contributed by atoms with van der Waals surface area (Å²) in [5.41, 5.74) is 10.8. The highest BCUT2D eigenvalue weighted by Crippen LogP contribution is 2.34. The zero-order chi connectivity index (χ0) is 36.1. The Bertz CT molecular complexity index is 2310. The Balaban J connectivity index is 1.86. The first kappa shape index (κ1) is 38.4. The molecule has 0 saturated heterocycles. The predicted octanol–water partition coefficient (Wildman–Crippen LogP) is 1.51. The zero-order valence-corrected chi connectivity index (χ0v) is 27.7. The first-order valence-corrected chi connectivity index (χ1v) is 19.7. The van der Waals surface area contributed by atoms with Crippen LogP contribution in [0, 0.1) is 0 Å². The molecular weight excluding hydrogens is 751 g/mol. The van der Waals surface area contributed by atoms with E-state index in [0.29, 0.717) is 6.07 Å². The minimum absolute atomic E-state index is 0.111. The van der Waals surface area contributed by atoms with Crippen LogP contribution in [0.1, 0.15) is 0 Å². The summed E-state index contributed by atoms with van der Waals surface area (Å²) in [5.74, 6) is -2.33. The van der Waals surface area contributed by atoms with Crippen molar-refractivity contribution in [1.82, 2.24) is 4.98 Å². The molecule has 0 aliphatic rings. The van der Waals surface area contributed by atoms with Gasteiger partial charge in [0.05, 0.1) is 40.2 Å². The lowest BCUT2D eigenvalue weighted by atomic mass is 10.3. The van der Waals surface area contributed by atoms with E-state index in [0.717, 1.165) is 30.3 Å². The number of benzene rings is 2. The van der Waals surface area contributed by atoms with Crippen molar-refractivity contribution in [3.63, 3.8) is 0 Å². The van der Waals surface area contributed by atoms with Gasteiger partial charge in [-0.05, 0) is 42.5 Å². The van der Waals surface area contributed by atoms with Crippen molar-refractivity contribution in [2.45, 2.75) is 14.7 Å². The van der Waals surface area contributed by atoms with E-state index < -0.39 is 90.8 Å². The average Bonchev–Trinajstić information content (AvgIpc) is 2.94. The Morgan fingerprint density at radius 1 is 0.583 bits per heavy atom. The highest BCUT2D eigenvalue weighted by atomic mass is 32.3. The summed E-state index contributed by atoms with van der Waals surface area (Å²) < 4.78 is 151. The molecule has 3 rings (SSSR count). The highest BCUT2D eigenvalue weighted by molar-refractivity contribution is 7.92. The fraction of sp³-hybridized carbons (Fsp3) is 0.190. The van der Waals surface area contributed by atoms with Gasteiger partial charge in [0.25, 0.3) is 10.1 Å². The van der Waals surface area contributed by atoms with Crippen LogP contribution in [-0.2, 0) is 59.0 Å². The van der Waals surface area contributed by atoms with Crippen LogP contribution >= 0.6 is 0 Å². The number of nitrogens with two attached hydrogens (primary N) is 2. The normalized spacial score (nSPS) is 13.4. The Morgan fingerprint density at radius 3 is 1.50 bits per heavy atom. The van der Waals surface area contributed by atoms with Gasteiger partial charge < -0.3 is 11.5 Å². The van der Waals surface area contributed by atoms with Crippen LogP contribution in [0.5, 0.6) is 0 Å². The summed E-state index contributed by atoms with van der Waals surface area (Å²) in [6.45, 7) is -1.83. The maximum Gasteiger partial charge on any atom is 0.397 e. The molecule has 1 heterocycles. The van der Waals surface area contributed by atoms with Gasteiger partial charge in [0, 0.05) is 6.07 Å². The van der Waals surface area contributed by atoms with E-state index in [4.69, 9.17) is 20.6 Å². The number of azo groups is 2. The molecule has 262 valence electrons. The van der Waals surface area contributed by atoms with Crippen molar-refractivity contribution >= 4 is 85.0 Å². The second kappa shape index (κ2) is 14.6. The van der Waals surface area contributed by atoms with Crippen molar-refractivity contribution in [3.05, 3.63) is 48.5 Å². The van der Waals surface area contributed by atoms with Gasteiger partial charge in [-0.3, -0.25) is 13.7 Å². The fourth-order valence-corrected chi connectivity index (χ4v) is 7.06.